The molecule has 1 aromatic carbocycles. The van der Waals surface area contributed by atoms with E-state index in [0.717, 1.165) is 12.0 Å². The molecule has 0 aromatic heterocycles. The second-order valence-electron chi connectivity index (χ2n) is 3.42. The minimum absolute atomic E-state index is 0.0342. The Bertz CT molecular complexity index is 224. The third kappa shape index (κ3) is 1.67. The number of benzene rings is 1. The highest BCUT2D eigenvalue weighted by Gasteiger charge is 2.23. The molecule has 1 rings (SSSR count). The van der Waals surface area contributed by atoms with Gasteiger partial charge in [0.25, 0.3) is 0 Å². The SMILES string of the molecule is CCC(C)(C[O])c1ccccc1. The van der Waals surface area contributed by atoms with Crippen molar-refractivity contribution in [3.8, 4) is 0 Å². The Hall–Kier alpha value is -0.820. The Morgan fingerprint density at radius 3 is 2.25 bits per heavy atom. The molecule has 0 spiro atoms. The van der Waals surface area contributed by atoms with Gasteiger partial charge in [0.05, 0.1) is 6.61 Å². The van der Waals surface area contributed by atoms with Crippen LogP contribution in [0.25, 0.3) is 0 Å². The molecule has 0 N–H and O–H groups in total. The molecule has 0 saturated heterocycles. The summed E-state index contributed by atoms with van der Waals surface area (Å²) < 4.78 is 0. The molecule has 1 aromatic rings. The first-order chi connectivity index (χ1) is 5.73. The predicted molar refractivity (Wildman–Crippen MR) is 49.6 cm³/mol. The lowest BCUT2D eigenvalue weighted by molar-refractivity contribution is 0.125. The maximum Gasteiger partial charge on any atom is 0.0916 e. The fraction of sp³-hybridized carbons (Fsp3) is 0.455. The quantitative estimate of drug-likeness (QED) is 0.653. The lowest BCUT2D eigenvalue weighted by atomic mass is 9.81. The number of rotatable bonds is 3. The van der Waals surface area contributed by atoms with Crippen LogP contribution in [0.2, 0.25) is 0 Å². The van der Waals surface area contributed by atoms with E-state index in [-0.39, 0.29) is 12.0 Å². The van der Waals surface area contributed by atoms with Crippen LogP contribution in [-0.4, -0.2) is 6.61 Å². The van der Waals surface area contributed by atoms with Gasteiger partial charge in [0.15, 0.2) is 0 Å². The van der Waals surface area contributed by atoms with Gasteiger partial charge in [-0.1, -0.05) is 44.2 Å². The third-order valence-electron chi connectivity index (χ3n) is 2.57. The van der Waals surface area contributed by atoms with Gasteiger partial charge < -0.3 is 0 Å². The molecular weight excluding hydrogens is 148 g/mol. The second-order valence-corrected chi connectivity index (χ2v) is 3.42. The zero-order valence-corrected chi connectivity index (χ0v) is 7.71. The minimum Gasteiger partial charge on any atom is -0.236 e. The monoisotopic (exact) mass is 163 g/mol. The Balaban J connectivity index is 2.95. The summed E-state index contributed by atoms with van der Waals surface area (Å²) in [5.41, 5.74) is 0.976. The molecule has 1 heteroatoms. The van der Waals surface area contributed by atoms with Crippen molar-refractivity contribution in [2.45, 2.75) is 25.7 Å². The van der Waals surface area contributed by atoms with Crippen LogP contribution < -0.4 is 0 Å². The second kappa shape index (κ2) is 3.72. The highest BCUT2D eigenvalue weighted by Crippen LogP contribution is 2.26. The van der Waals surface area contributed by atoms with Gasteiger partial charge in [-0.15, -0.1) is 0 Å². The van der Waals surface area contributed by atoms with Crippen LogP contribution in [0.3, 0.4) is 0 Å². The summed E-state index contributed by atoms with van der Waals surface area (Å²) in [7, 11) is 0. The van der Waals surface area contributed by atoms with Crippen molar-refractivity contribution in [1.82, 2.24) is 0 Å². The molecule has 0 aliphatic rings. The van der Waals surface area contributed by atoms with Crippen LogP contribution in [0.15, 0.2) is 30.3 Å². The first kappa shape index (κ1) is 9.27. The van der Waals surface area contributed by atoms with Gasteiger partial charge in [-0.05, 0) is 12.0 Å². The van der Waals surface area contributed by atoms with Crippen LogP contribution in [-0.2, 0) is 10.5 Å². The van der Waals surface area contributed by atoms with Crippen molar-refractivity contribution in [1.29, 1.82) is 0 Å². The van der Waals surface area contributed by atoms with E-state index in [4.69, 9.17) is 0 Å². The first-order valence-corrected chi connectivity index (χ1v) is 4.36. The molecule has 0 saturated carbocycles. The average molecular weight is 163 g/mol. The molecule has 0 amide bonds. The summed E-state index contributed by atoms with van der Waals surface area (Å²) in [5.74, 6) is 0. The molecule has 0 heterocycles. The fourth-order valence-corrected chi connectivity index (χ4v) is 1.23. The van der Waals surface area contributed by atoms with Crippen molar-refractivity contribution in [2.24, 2.45) is 0 Å². The van der Waals surface area contributed by atoms with E-state index < -0.39 is 0 Å². The molecule has 0 aliphatic heterocycles. The topological polar surface area (TPSA) is 19.9 Å². The van der Waals surface area contributed by atoms with Crippen LogP contribution in [0.5, 0.6) is 0 Å². The standard InChI is InChI=1S/C11H15O/c1-3-11(2,9-12)10-7-5-4-6-8-10/h4-8H,3,9H2,1-2H3. The van der Waals surface area contributed by atoms with E-state index in [9.17, 15) is 5.11 Å². The van der Waals surface area contributed by atoms with E-state index in [1.807, 2.05) is 37.3 Å². The summed E-state index contributed by atoms with van der Waals surface area (Å²) in [6.45, 7) is 4.05. The Kier molecular flexibility index (Phi) is 2.88. The van der Waals surface area contributed by atoms with Crippen LogP contribution in [0, 0.1) is 0 Å². The van der Waals surface area contributed by atoms with Crippen molar-refractivity contribution in [2.75, 3.05) is 6.61 Å². The zero-order chi connectivity index (χ0) is 9.03. The molecule has 0 aliphatic carbocycles. The van der Waals surface area contributed by atoms with Crippen molar-refractivity contribution in [3.05, 3.63) is 35.9 Å². The zero-order valence-electron chi connectivity index (χ0n) is 7.71. The first-order valence-electron chi connectivity index (χ1n) is 4.36. The normalized spacial score (nSPS) is 15.6. The summed E-state index contributed by atoms with van der Waals surface area (Å²) in [4.78, 5) is 0. The maximum atomic E-state index is 11.0. The molecule has 0 fully saturated rings. The molecule has 1 nitrogen and oxygen atoms in total. The number of hydrogen-bond acceptors (Lipinski definition) is 0. The molecule has 1 radical (unpaired) electrons. The Morgan fingerprint density at radius 1 is 1.25 bits per heavy atom. The summed E-state index contributed by atoms with van der Waals surface area (Å²) in [6, 6.07) is 10.0. The molecule has 1 unspecified atom stereocenters. The predicted octanol–water partition coefficient (Wildman–Crippen LogP) is 2.78. The van der Waals surface area contributed by atoms with Crippen LogP contribution in [0.4, 0.5) is 0 Å². The highest BCUT2D eigenvalue weighted by atomic mass is 16.3. The van der Waals surface area contributed by atoms with E-state index in [2.05, 4.69) is 6.92 Å². The van der Waals surface area contributed by atoms with Crippen LogP contribution >= 0.6 is 0 Å². The van der Waals surface area contributed by atoms with Gasteiger partial charge >= 0.3 is 0 Å². The average Bonchev–Trinajstić information content (AvgIpc) is 2.18. The Morgan fingerprint density at radius 2 is 1.83 bits per heavy atom. The lowest BCUT2D eigenvalue weighted by Gasteiger charge is -2.24. The summed E-state index contributed by atoms with van der Waals surface area (Å²) in [5, 5.41) is 11.0. The van der Waals surface area contributed by atoms with Gasteiger partial charge in [-0.2, -0.15) is 0 Å². The molecule has 1 atom stereocenters. The van der Waals surface area contributed by atoms with Gasteiger partial charge in [0.1, 0.15) is 0 Å². The molecule has 12 heavy (non-hydrogen) atoms. The molecule has 65 valence electrons. The van der Waals surface area contributed by atoms with Crippen LogP contribution in [0.1, 0.15) is 25.8 Å². The van der Waals surface area contributed by atoms with E-state index in [1.54, 1.807) is 0 Å². The largest absolute Gasteiger partial charge is 0.236 e. The van der Waals surface area contributed by atoms with Gasteiger partial charge in [-0.3, -0.25) is 0 Å². The van der Waals surface area contributed by atoms with Crippen molar-refractivity contribution < 1.29 is 5.11 Å². The van der Waals surface area contributed by atoms with E-state index in [1.165, 1.54) is 0 Å². The van der Waals surface area contributed by atoms with Gasteiger partial charge in [0.2, 0.25) is 0 Å². The highest BCUT2D eigenvalue weighted by molar-refractivity contribution is 5.24. The van der Waals surface area contributed by atoms with Gasteiger partial charge in [0, 0.05) is 5.41 Å². The minimum atomic E-state index is -0.179. The summed E-state index contributed by atoms with van der Waals surface area (Å²) >= 11 is 0. The van der Waals surface area contributed by atoms with E-state index >= 15 is 0 Å². The molecular formula is C11H15O. The third-order valence-corrected chi connectivity index (χ3v) is 2.57. The van der Waals surface area contributed by atoms with Crippen molar-refractivity contribution >= 4 is 0 Å². The fourth-order valence-electron chi connectivity index (χ4n) is 1.23. The smallest absolute Gasteiger partial charge is 0.0916 e. The maximum absolute atomic E-state index is 11.0. The molecule has 0 bridgehead atoms. The van der Waals surface area contributed by atoms with Gasteiger partial charge in [-0.25, -0.2) is 5.11 Å². The summed E-state index contributed by atoms with van der Waals surface area (Å²) in [6.07, 6.45) is 0.903. The lowest BCUT2D eigenvalue weighted by Crippen LogP contribution is -2.24. The number of hydrogen-bond donors (Lipinski definition) is 0. The Labute approximate surface area is 74.1 Å². The van der Waals surface area contributed by atoms with Crippen molar-refractivity contribution in [3.63, 3.8) is 0 Å². The van der Waals surface area contributed by atoms with E-state index in [0.29, 0.717) is 0 Å².